The molecule has 0 aliphatic heterocycles. The highest BCUT2D eigenvalue weighted by Crippen LogP contribution is 2.17. The molecule has 1 aromatic heterocycles. The van der Waals surface area contributed by atoms with Crippen molar-refractivity contribution in [1.29, 1.82) is 0 Å². The number of halogens is 1. The Bertz CT molecular complexity index is 399. The van der Waals surface area contributed by atoms with E-state index in [1.807, 2.05) is 6.92 Å². The molecule has 1 rings (SSSR count). The van der Waals surface area contributed by atoms with Gasteiger partial charge < -0.3 is 15.7 Å². The van der Waals surface area contributed by atoms with Crippen LogP contribution in [-0.2, 0) is 4.79 Å². The summed E-state index contributed by atoms with van der Waals surface area (Å²) in [4.78, 5) is 15.6. The highest BCUT2D eigenvalue weighted by atomic mass is 35.5. The SMILES string of the molecule is CC(O)CNC(C)CC(=O)Nc1cccnc1Cl. The number of nitrogens with one attached hydrogen (secondary N) is 2. The molecule has 0 bridgehead atoms. The van der Waals surface area contributed by atoms with E-state index >= 15 is 0 Å². The van der Waals surface area contributed by atoms with E-state index in [1.54, 1.807) is 25.3 Å². The van der Waals surface area contributed by atoms with Gasteiger partial charge in [0.05, 0.1) is 11.8 Å². The molecule has 2 atom stereocenters. The van der Waals surface area contributed by atoms with Crippen LogP contribution in [0.25, 0.3) is 0 Å². The predicted molar refractivity (Wildman–Crippen MR) is 71.6 cm³/mol. The van der Waals surface area contributed by atoms with Crippen LogP contribution in [0.1, 0.15) is 20.3 Å². The number of aliphatic hydroxyl groups is 1. The van der Waals surface area contributed by atoms with Crippen molar-refractivity contribution in [2.45, 2.75) is 32.4 Å². The summed E-state index contributed by atoms with van der Waals surface area (Å²) in [5.74, 6) is -0.143. The molecule has 0 radical (unpaired) electrons. The summed E-state index contributed by atoms with van der Waals surface area (Å²) in [6.07, 6.45) is 1.44. The van der Waals surface area contributed by atoms with Crippen LogP contribution < -0.4 is 10.6 Å². The normalized spacial score (nSPS) is 14.0. The Morgan fingerprint density at radius 3 is 2.89 bits per heavy atom. The zero-order chi connectivity index (χ0) is 13.5. The Balaban J connectivity index is 2.40. The lowest BCUT2D eigenvalue weighted by molar-refractivity contribution is -0.116. The zero-order valence-corrected chi connectivity index (χ0v) is 11.2. The fourth-order valence-electron chi connectivity index (χ4n) is 1.40. The van der Waals surface area contributed by atoms with E-state index in [-0.39, 0.29) is 17.1 Å². The molecule has 18 heavy (non-hydrogen) atoms. The molecule has 0 saturated carbocycles. The van der Waals surface area contributed by atoms with E-state index in [2.05, 4.69) is 15.6 Å². The van der Waals surface area contributed by atoms with E-state index in [1.165, 1.54) is 0 Å². The van der Waals surface area contributed by atoms with E-state index in [4.69, 9.17) is 16.7 Å². The van der Waals surface area contributed by atoms with Crippen molar-refractivity contribution in [3.05, 3.63) is 23.5 Å². The monoisotopic (exact) mass is 271 g/mol. The van der Waals surface area contributed by atoms with Crippen molar-refractivity contribution in [3.63, 3.8) is 0 Å². The average molecular weight is 272 g/mol. The maximum atomic E-state index is 11.7. The molecule has 0 aromatic carbocycles. The standard InChI is InChI=1S/C12H18ClN3O2/c1-8(15-7-9(2)17)6-11(18)16-10-4-3-5-14-12(10)13/h3-5,8-9,15,17H,6-7H2,1-2H3,(H,16,18). The lowest BCUT2D eigenvalue weighted by atomic mass is 10.2. The third kappa shape index (κ3) is 5.44. The Morgan fingerprint density at radius 2 is 2.28 bits per heavy atom. The molecule has 0 aliphatic carbocycles. The first-order valence-corrected chi connectivity index (χ1v) is 6.18. The lowest BCUT2D eigenvalue weighted by Crippen LogP contribution is -2.35. The molecule has 6 heteroatoms. The van der Waals surface area contributed by atoms with Crippen LogP contribution in [0.15, 0.2) is 18.3 Å². The second-order valence-corrected chi connectivity index (χ2v) is 4.61. The summed E-state index contributed by atoms with van der Waals surface area (Å²) in [5, 5.41) is 15.1. The highest BCUT2D eigenvalue weighted by molar-refractivity contribution is 6.32. The molecule has 5 nitrogen and oxygen atoms in total. The molecule has 2 unspecified atom stereocenters. The minimum Gasteiger partial charge on any atom is -0.392 e. The molecule has 100 valence electrons. The minimum absolute atomic E-state index is 0.0185. The Morgan fingerprint density at radius 1 is 1.56 bits per heavy atom. The van der Waals surface area contributed by atoms with Crippen LogP contribution in [0, 0.1) is 0 Å². The topological polar surface area (TPSA) is 74.2 Å². The van der Waals surface area contributed by atoms with Gasteiger partial charge in [0.25, 0.3) is 0 Å². The van der Waals surface area contributed by atoms with Crippen molar-refractivity contribution in [3.8, 4) is 0 Å². The molecule has 1 aromatic rings. The van der Waals surface area contributed by atoms with Gasteiger partial charge in [-0.15, -0.1) is 0 Å². The third-order valence-electron chi connectivity index (χ3n) is 2.29. The summed E-state index contributed by atoms with van der Waals surface area (Å²) < 4.78 is 0. The largest absolute Gasteiger partial charge is 0.392 e. The second-order valence-electron chi connectivity index (χ2n) is 4.25. The fourth-order valence-corrected chi connectivity index (χ4v) is 1.57. The van der Waals surface area contributed by atoms with Gasteiger partial charge in [-0.1, -0.05) is 11.6 Å². The number of rotatable bonds is 6. The van der Waals surface area contributed by atoms with Crippen LogP contribution in [-0.4, -0.2) is 34.7 Å². The second kappa shape index (κ2) is 7.31. The Kier molecular flexibility index (Phi) is 6.04. The molecule has 3 N–H and O–H groups in total. The van der Waals surface area contributed by atoms with Gasteiger partial charge in [-0.05, 0) is 26.0 Å². The maximum absolute atomic E-state index is 11.7. The number of aromatic nitrogens is 1. The van der Waals surface area contributed by atoms with E-state index in [9.17, 15) is 4.79 Å². The molecule has 0 aliphatic rings. The molecule has 0 spiro atoms. The van der Waals surface area contributed by atoms with Crippen molar-refractivity contribution >= 4 is 23.2 Å². The molecule has 0 fully saturated rings. The Hall–Kier alpha value is -1.17. The lowest BCUT2D eigenvalue weighted by Gasteiger charge is -2.15. The number of carbonyl (C=O) groups is 1. The van der Waals surface area contributed by atoms with Gasteiger partial charge in [0.15, 0.2) is 5.15 Å². The summed E-state index contributed by atoms with van der Waals surface area (Å²) in [7, 11) is 0. The number of hydrogen-bond acceptors (Lipinski definition) is 4. The summed E-state index contributed by atoms with van der Waals surface area (Å²) in [5.41, 5.74) is 0.506. The minimum atomic E-state index is -0.428. The van der Waals surface area contributed by atoms with Crippen molar-refractivity contribution in [2.24, 2.45) is 0 Å². The third-order valence-corrected chi connectivity index (χ3v) is 2.59. The molecule has 1 amide bonds. The number of hydrogen-bond donors (Lipinski definition) is 3. The van der Waals surface area contributed by atoms with Crippen LogP contribution in [0.2, 0.25) is 5.15 Å². The number of nitrogens with zero attached hydrogens (tertiary/aromatic N) is 1. The molecular formula is C12H18ClN3O2. The number of anilines is 1. The van der Waals surface area contributed by atoms with E-state index < -0.39 is 6.10 Å². The number of carbonyl (C=O) groups excluding carboxylic acids is 1. The van der Waals surface area contributed by atoms with Crippen molar-refractivity contribution < 1.29 is 9.90 Å². The van der Waals surface area contributed by atoms with Gasteiger partial charge in [-0.3, -0.25) is 4.79 Å². The van der Waals surface area contributed by atoms with Gasteiger partial charge in [-0.25, -0.2) is 4.98 Å². The van der Waals surface area contributed by atoms with Crippen molar-refractivity contribution in [2.75, 3.05) is 11.9 Å². The maximum Gasteiger partial charge on any atom is 0.226 e. The smallest absolute Gasteiger partial charge is 0.226 e. The summed E-state index contributed by atoms with van der Waals surface area (Å²) >= 11 is 5.83. The van der Waals surface area contributed by atoms with Gasteiger partial charge in [-0.2, -0.15) is 0 Å². The quantitative estimate of drug-likeness (QED) is 0.684. The highest BCUT2D eigenvalue weighted by Gasteiger charge is 2.11. The van der Waals surface area contributed by atoms with Crippen LogP contribution in [0.3, 0.4) is 0 Å². The van der Waals surface area contributed by atoms with Crippen LogP contribution in [0.4, 0.5) is 5.69 Å². The Labute approximate surface area is 112 Å². The average Bonchev–Trinajstić information content (AvgIpc) is 2.29. The summed E-state index contributed by atoms with van der Waals surface area (Å²) in [6.45, 7) is 4.03. The van der Waals surface area contributed by atoms with Gasteiger partial charge in [0.1, 0.15) is 0 Å². The first-order chi connectivity index (χ1) is 8.49. The fraction of sp³-hybridized carbons (Fsp3) is 0.500. The number of pyridine rings is 1. The van der Waals surface area contributed by atoms with E-state index in [0.717, 1.165) is 0 Å². The van der Waals surface area contributed by atoms with Gasteiger partial charge in [0.2, 0.25) is 5.91 Å². The van der Waals surface area contributed by atoms with E-state index in [0.29, 0.717) is 18.7 Å². The number of aliphatic hydroxyl groups excluding tert-OH is 1. The zero-order valence-electron chi connectivity index (χ0n) is 10.5. The van der Waals surface area contributed by atoms with Crippen LogP contribution in [0.5, 0.6) is 0 Å². The predicted octanol–water partition coefficient (Wildman–Crippen LogP) is 1.42. The molecular weight excluding hydrogens is 254 g/mol. The summed E-state index contributed by atoms with van der Waals surface area (Å²) in [6, 6.07) is 3.38. The van der Waals surface area contributed by atoms with Gasteiger partial charge >= 0.3 is 0 Å². The van der Waals surface area contributed by atoms with Crippen molar-refractivity contribution in [1.82, 2.24) is 10.3 Å². The molecule has 1 heterocycles. The van der Waals surface area contributed by atoms with Crippen LogP contribution >= 0.6 is 11.6 Å². The number of amides is 1. The first kappa shape index (κ1) is 14.9. The van der Waals surface area contributed by atoms with Gasteiger partial charge in [0, 0.05) is 25.2 Å². The first-order valence-electron chi connectivity index (χ1n) is 5.81. The molecule has 0 saturated heterocycles.